The first kappa shape index (κ1) is 13.6. The molecule has 0 aliphatic carbocycles. The normalized spacial score (nSPS) is 10.7. The van der Waals surface area contributed by atoms with E-state index in [1.807, 2.05) is 25.1 Å². The lowest BCUT2D eigenvalue weighted by Crippen LogP contribution is -2.06. The first-order valence-corrected chi connectivity index (χ1v) is 6.81. The van der Waals surface area contributed by atoms with Crippen molar-refractivity contribution in [3.05, 3.63) is 23.9 Å². The van der Waals surface area contributed by atoms with E-state index in [1.54, 1.807) is 7.11 Å². The average Bonchev–Trinajstić information content (AvgIpc) is 2.43. The van der Waals surface area contributed by atoms with Gasteiger partial charge in [-0.2, -0.15) is 0 Å². The van der Waals surface area contributed by atoms with Crippen LogP contribution in [0, 0.1) is 6.92 Å². The van der Waals surface area contributed by atoms with Gasteiger partial charge in [0, 0.05) is 6.54 Å². The number of rotatable bonds is 6. The van der Waals surface area contributed by atoms with Gasteiger partial charge in [-0.1, -0.05) is 25.8 Å². The number of methoxy groups -OCH3 is 1. The van der Waals surface area contributed by atoms with E-state index in [0.717, 1.165) is 35.3 Å². The maximum absolute atomic E-state index is 5.36. The fourth-order valence-corrected chi connectivity index (χ4v) is 2.15. The van der Waals surface area contributed by atoms with Gasteiger partial charge in [0.2, 0.25) is 5.95 Å². The number of fused-ring (bicyclic) bond motifs is 1. The monoisotopic (exact) mass is 259 g/mol. The number of nitrogens with zero attached hydrogens (tertiary/aromatic N) is 2. The van der Waals surface area contributed by atoms with E-state index < -0.39 is 0 Å². The zero-order chi connectivity index (χ0) is 13.7. The summed E-state index contributed by atoms with van der Waals surface area (Å²) in [6.45, 7) is 5.11. The Labute approximate surface area is 114 Å². The highest BCUT2D eigenvalue weighted by molar-refractivity contribution is 5.87. The molecule has 0 atom stereocenters. The molecule has 0 saturated heterocycles. The van der Waals surface area contributed by atoms with Gasteiger partial charge < -0.3 is 10.1 Å². The molecule has 19 heavy (non-hydrogen) atoms. The number of ether oxygens (including phenoxy) is 1. The third-order valence-electron chi connectivity index (χ3n) is 3.15. The maximum atomic E-state index is 5.36. The van der Waals surface area contributed by atoms with E-state index in [0.29, 0.717) is 5.95 Å². The van der Waals surface area contributed by atoms with Gasteiger partial charge >= 0.3 is 0 Å². The zero-order valence-electron chi connectivity index (χ0n) is 11.9. The van der Waals surface area contributed by atoms with Crippen LogP contribution in [0.3, 0.4) is 0 Å². The van der Waals surface area contributed by atoms with Crippen molar-refractivity contribution >= 4 is 16.9 Å². The lowest BCUT2D eigenvalue weighted by Gasteiger charge is -2.10. The first-order chi connectivity index (χ1) is 9.26. The van der Waals surface area contributed by atoms with Crippen LogP contribution < -0.4 is 10.1 Å². The van der Waals surface area contributed by atoms with Gasteiger partial charge in [0.25, 0.3) is 0 Å². The quantitative estimate of drug-likeness (QED) is 0.806. The lowest BCUT2D eigenvalue weighted by molar-refractivity contribution is 0.419. The molecule has 0 fully saturated rings. The van der Waals surface area contributed by atoms with Crippen LogP contribution in [0.25, 0.3) is 10.9 Å². The first-order valence-electron chi connectivity index (χ1n) is 6.81. The Morgan fingerprint density at radius 1 is 1.21 bits per heavy atom. The van der Waals surface area contributed by atoms with Gasteiger partial charge in [-0.25, -0.2) is 9.97 Å². The zero-order valence-corrected chi connectivity index (χ0v) is 11.9. The Balaban J connectivity index is 2.24. The van der Waals surface area contributed by atoms with Crippen molar-refractivity contribution < 1.29 is 4.74 Å². The standard InChI is InChI=1S/C15H21N3O/c1-4-5-6-10-16-15-17-11(2)14-12(18-15)8-7-9-13(14)19-3/h7-9H,4-6,10H2,1-3H3,(H,16,17,18). The summed E-state index contributed by atoms with van der Waals surface area (Å²) in [5, 5.41) is 4.28. The topological polar surface area (TPSA) is 47.0 Å². The van der Waals surface area contributed by atoms with E-state index in [-0.39, 0.29) is 0 Å². The number of benzene rings is 1. The molecule has 0 aliphatic rings. The lowest BCUT2D eigenvalue weighted by atomic mass is 10.2. The van der Waals surface area contributed by atoms with E-state index >= 15 is 0 Å². The Bertz CT molecular complexity index is 554. The summed E-state index contributed by atoms with van der Waals surface area (Å²) >= 11 is 0. The molecule has 4 nitrogen and oxygen atoms in total. The predicted molar refractivity (Wildman–Crippen MR) is 78.8 cm³/mol. The largest absolute Gasteiger partial charge is 0.496 e. The van der Waals surface area contributed by atoms with Crippen molar-refractivity contribution in [3.8, 4) is 5.75 Å². The Kier molecular flexibility index (Phi) is 4.55. The summed E-state index contributed by atoms with van der Waals surface area (Å²) in [6.07, 6.45) is 3.60. The summed E-state index contributed by atoms with van der Waals surface area (Å²) in [7, 11) is 1.67. The summed E-state index contributed by atoms with van der Waals surface area (Å²) < 4.78 is 5.36. The van der Waals surface area contributed by atoms with Crippen molar-refractivity contribution in [1.29, 1.82) is 0 Å². The van der Waals surface area contributed by atoms with Crippen LogP contribution in [-0.4, -0.2) is 23.6 Å². The minimum atomic E-state index is 0.703. The van der Waals surface area contributed by atoms with Crippen LogP contribution in [-0.2, 0) is 0 Å². The molecule has 0 unspecified atom stereocenters. The summed E-state index contributed by atoms with van der Waals surface area (Å²) in [5.74, 6) is 1.53. The second-order valence-corrected chi connectivity index (χ2v) is 4.62. The molecule has 1 N–H and O–H groups in total. The minimum Gasteiger partial charge on any atom is -0.496 e. The van der Waals surface area contributed by atoms with Gasteiger partial charge in [0.15, 0.2) is 0 Å². The van der Waals surface area contributed by atoms with Gasteiger partial charge in [-0.15, -0.1) is 0 Å². The van der Waals surface area contributed by atoms with Crippen molar-refractivity contribution in [3.63, 3.8) is 0 Å². The molecule has 4 heteroatoms. The van der Waals surface area contributed by atoms with Crippen LogP contribution in [0.15, 0.2) is 18.2 Å². The fourth-order valence-electron chi connectivity index (χ4n) is 2.15. The highest BCUT2D eigenvalue weighted by Crippen LogP contribution is 2.27. The second-order valence-electron chi connectivity index (χ2n) is 4.62. The molecular formula is C15H21N3O. The Hall–Kier alpha value is -1.84. The predicted octanol–water partition coefficient (Wildman–Crippen LogP) is 3.55. The highest BCUT2D eigenvalue weighted by Gasteiger charge is 2.08. The van der Waals surface area contributed by atoms with Crippen molar-refractivity contribution in [2.24, 2.45) is 0 Å². The number of unbranched alkanes of at least 4 members (excludes halogenated alkanes) is 2. The molecule has 0 spiro atoms. The average molecular weight is 259 g/mol. The molecule has 2 aromatic rings. The summed E-state index contributed by atoms with van der Waals surface area (Å²) in [6, 6.07) is 5.88. The Morgan fingerprint density at radius 2 is 2.05 bits per heavy atom. The SMILES string of the molecule is CCCCCNc1nc(C)c2c(OC)cccc2n1. The molecule has 0 amide bonds. The number of hydrogen-bond acceptors (Lipinski definition) is 4. The third-order valence-corrected chi connectivity index (χ3v) is 3.15. The molecule has 2 rings (SSSR count). The van der Waals surface area contributed by atoms with Crippen LogP contribution in [0.2, 0.25) is 0 Å². The van der Waals surface area contributed by atoms with Gasteiger partial charge in [0.1, 0.15) is 5.75 Å². The van der Waals surface area contributed by atoms with E-state index in [4.69, 9.17) is 4.74 Å². The van der Waals surface area contributed by atoms with Gasteiger partial charge in [-0.3, -0.25) is 0 Å². The molecule has 1 aromatic carbocycles. The number of aryl methyl sites for hydroxylation is 1. The number of aromatic nitrogens is 2. The van der Waals surface area contributed by atoms with Crippen LogP contribution >= 0.6 is 0 Å². The smallest absolute Gasteiger partial charge is 0.223 e. The third kappa shape index (κ3) is 3.13. The molecule has 0 radical (unpaired) electrons. The van der Waals surface area contributed by atoms with Crippen molar-refractivity contribution in [2.75, 3.05) is 19.0 Å². The number of nitrogens with one attached hydrogen (secondary N) is 1. The summed E-state index contributed by atoms with van der Waals surface area (Å²) in [5.41, 5.74) is 1.87. The summed E-state index contributed by atoms with van der Waals surface area (Å²) in [4.78, 5) is 9.05. The molecule has 0 saturated carbocycles. The van der Waals surface area contributed by atoms with E-state index in [2.05, 4.69) is 22.2 Å². The number of anilines is 1. The van der Waals surface area contributed by atoms with Crippen molar-refractivity contribution in [1.82, 2.24) is 9.97 Å². The Morgan fingerprint density at radius 3 is 2.79 bits per heavy atom. The molecule has 1 aromatic heterocycles. The maximum Gasteiger partial charge on any atom is 0.223 e. The van der Waals surface area contributed by atoms with Gasteiger partial charge in [0.05, 0.1) is 23.7 Å². The van der Waals surface area contributed by atoms with Crippen molar-refractivity contribution in [2.45, 2.75) is 33.1 Å². The van der Waals surface area contributed by atoms with E-state index in [9.17, 15) is 0 Å². The molecule has 1 heterocycles. The molecular weight excluding hydrogens is 238 g/mol. The fraction of sp³-hybridized carbons (Fsp3) is 0.467. The highest BCUT2D eigenvalue weighted by atomic mass is 16.5. The minimum absolute atomic E-state index is 0.703. The van der Waals surface area contributed by atoms with Crippen LogP contribution in [0.5, 0.6) is 5.75 Å². The second kappa shape index (κ2) is 6.36. The molecule has 0 aliphatic heterocycles. The molecule has 102 valence electrons. The number of hydrogen-bond donors (Lipinski definition) is 1. The van der Waals surface area contributed by atoms with E-state index in [1.165, 1.54) is 12.8 Å². The van der Waals surface area contributed by atoms with Crippen LogP contribution in [0.1, 0.15) is 31.9 Å². The van der Waals surface area contributed by atoms with Crippen LogP contribution in [0.4, 0.5) is 5.95 Å². The molecule has 0 bridgehead atoms. The van der Waals surface area contributed by atoms with Gasteiger partial charge in [-0.05, 0) is 25.5 Å².